The fraction of sp³-hybridized carbons (Fsp3) is 0.0476. The lowest BCUT2D eigenvalue weighted by Crippen LogP contribution is -1.98. The number of hydrogen-bond acceptors (Lipinski definition) is 2. The second-order valence-electron chi connectivity index (χ2n) is 5.64. The molecule has 3 aromatic rings. The van der Waals surface area contributed by atoms with Crippen LogP contribution in [0.4, 0.5) is 0 Å². The van der Waals surface area contributed by atoms with Crippen molar-refractivity contribution in [2.75, 3.05) is 0 Å². The molecule has 1 N–H and O–H groups in total. The van der Waals surface area contributed by atoms with Crippen LogP contribution in [0.25, 0.3) is 17.3 Å². The van der Waals surface area contributed by atoms with Gasteiger partial charge in [-0.05, 0) is 54.5 Å². The van der Waals surface area contributed by atoms with Crippen LogP contribution >= 0.6 is 0 Å². The number of para-hydroxylation sites is 1. The van der Waals surface area contributed by atoms with E-state index in [0.717, 1.165) is 16.9 Å². The van der Waals surface area contributed by atoms with E-state index in [4.69, 9.17) is 5.11 Å². The molecule has 0 spiro atoms. The molecule has 0 radical (unpaired) electrons. The first-order chi connectivity index (χ1) is 12.1. The van der Waals surface area contributed by atoms with Crippen molar-refractivity contribution < 1.29 is 9.90 Å². The molecule has 0 atom stereocenters. The minimum Gasteiger partial charge on any atom is -0.478 e. The van der Waals surface area contributed by atoms with E-state index >= 15 is 0 Å². The second kappa shape index (κ2) is 6.90. The van der Waals surface area contributed by atoms with Gasteiger partial charge in [0.1, 0.15) is 0 Å². The third-order valence-corrected chi connectivity index (χ3v) is 4.01. The normalized spacial score (nSPS) is 11.1. The van der Waals surface area contributed by atoms with Crippen LogP contribution in [0.3, 0.4) is 0 Å². The number of aryl methyl sites for hydroxylation is 1. The van der Waals surface area contributed by atoms with Gasteiger partial charge in [0.2, 0.25) is 0 Å². The number of carbonyl (C=O) groups is 1. The Morgan fingerprint density at radius 3 is 2.36 bits per heavy atom. The van der Waals surface area contributed by atoms with E-state index in [0.29, 0.717) is 11.1 Å². The molecule has 2 aromatic carbocycles. The first-order valence-electron chi connectivity index (χ1n) is 7.79. The Morgan fingerprint density at radius 1 is 1.04 bits per heavy atom. The predicted molar refractivity (Wildman–Crippen MR) is 97.4 cm³/mol. The second-order valence-corrected chi connectivity index (χ2v) is 5.64. The summed E-state index contributed by atoms with van der Waals surface area (Å²) in [4.78, 5) is 11.0. The number of nitrogens with zero attached hydrogens (tertiary/aromatic N) is 2. The van der Waals surface area contributed by atoms with Gasteiger partial charge in [-0.3, -0.25) is 0 Å². The van der Waals surface area contributed by atoms with Crippen molar-refractivity contribution in [3.63, 3.8) is 0 Å². The van der Waals surface area contributed by atoms with Crippen LogP contribution in [0.5, 0.6) is 0 Å². The SMILES string of the molecule is Cc1ccccc1-n1cccc1C=C(C#N)c1ccc(C(=O)O)cc1. The van der Waals surface area contributed by atoms with Crippen molar-refractivity contribution >= 4 is 17.6 Å². The van der Waals surface area contributed by atoms with Gasteiger partial charge in [0.05, 0.1) is 17.2 Å². The van der Waals surface area contributed by atoms with E-state index in [2.05, 4.69) is 6.07 Å². The molecule has 0 aliphatic heterocycles. The number of aromatic nitrogens is 1. The summed E-state index contributed by atoms with van der Waals surface area (Å²) in [5.74, 6) is -0.984. The molecule has 0 amide bonds. The molecule has 1 aromatic heterocycles. The number of rotatable bonds is 4. The van der Waals surface area contributed by atoms with E-state index < -0.39 is 5.97 Å². The van der Waals surface area contributed by atoms with E-state index in [1.807, 2.05) is 60.2 Å². The molecule has 0 unspecified atom stereocenters. The monoisotopic (exact) mass is 328 g/mol. The Balaban J connectivity index is 2.02. The molecular formula is C21H16N2O2. The summed E-state index contributed by atoms with van der Waals surface area (Å²) < 4.78 is 2.03. The van der Waals surface area contributed by atoms with Crippen molar-refractivity contribution in [1.82, 2.24) is 4.57 Å². The number of carboxylic acids is 1. The van der Waals surface area contributed by atoms with Gasteiger partial charge < -0.3 is 9.67 Å². The zero-order chi connectivity index (χ0) is 17.8. The quantitative estimate of drug-likeness (QED) is 0.715. The van der Waals surface area contributed by atoms with E-state index in [1.54, 1.807) is 12.1 Å². The van der Waals surface area contributed by atoms with Crippen molar-refractivity contribution in [2.24, 2.45) is 0 Å². The summed E-state index contributed by atoms with van der Waals surface area (Å²) >= 11 is 0. The first-order valence-corrected chi connectivity index (χ1v) is 7.79. The molecule has 0 aliphatic rings. The Bertz CT molecular complexity index is 989. The predicted octanol–water partition coefficient (Wildman–Crippen LogP) is 4.55. The zero-order valence-electron chi connectivity index (χ0n) is 13.7. The lowest BCUT2D eigenvalue weighted by Gasteiger charge is -2.10. The van der Waals surface area contributed by atoms with Gasteiger partial charge in [-0.2, -0.15) is 5.26 Å². The summed E-state index contributed by atoms with van der Waals surface area (Å²) in [6, 6.07) is 20.4. The number of benzene rings is 2. The molecule has 122 valence electrons. The maximum absolute atomic E-state index is 11.0. The van der Waals surface area contributed by atoms with E-state index in [-0.39, 0.29) is 5.56 Å². The van der Waals surface area contributed by atoms with Gasteiger partial charge in [0, 0.05) is 17.6 Å². The Kier molecular flexibility index (Phi) is 4.49. The standard InChI is InChI=1S/C21H16N2O2/c1-15-5-2-3-7-20(15)23-12-4-6-19(23)13-18(14-22)16-8-10-17(11-9-16)21(24)25/h2-13H,1H3,(H,24,25). The highest BCUT2D eigenvalue weighted by Crippen LogP contribution is 2.22. The van der Waals surface area contributed by atoms with Crippen molar-refractivity contribution in [1.29, 1.82) is 5.26 Å². The fourth-order valence-electron chi connectivity index (χ4n) is 2.69. The summed E-state index contributed by atoms with van der Waals surface area (Å²) in [6.07, 6.45) is 3.76. The lowest BCUT2D eigenvalue weighted by molar-refractivity contribution is 0.0697. The maximum Gasteiger partial charge on any atom is 0.335 e. The van der Waals surface area contributed by atoms with E-state index in [9.17, 15) is 10.1 Å². The minimum atomic E-state index is -0.984. The third-order valence-electron chi connectivity index (χ3n) is 4.01. The summed E-state index contributed by atoms with van der Waals surface area (Å²) in [6.45, 7) is 2.04. The number of hydrogen-bond donors (Lipinski definition) is 1. The maximum atomic E-state index is 11.0. The van der Waals surface area contributed by atoms with Gasteiger partial charge in [-0.25, -0.2) is 4.79 Å². The molecule has 0 bridgehead atoms. The molecular weight excluding hydrogens is 312 g/mol. The van der Waals surface area contributed by atoms with Crippen LogP contribution in [-0.2, 0) is 0 Å². The van der Waals surface area contributed by atoms with Gasteiger partial charge in [-0.15, -0.1) is 0 Å². The molecule has 1 heterocycles. The summed E-state index contributed by atoms with van der Waals surface area (Å²) in [5.41, 5.74) is 4.43. The summed E-state index contributed by atoms with van der Waals surface area (Å²) in [7, 11) is 0. The molecule has 4 heteroatoms. The van der Waals surface area contributed by atoms with Crippen LogP contribution in [0, 0.1) is 18.3 Å². The highest BCUT2D eigenvalue weighted by Gasteiger charge is 2.08. The largest absolute Gasteiger partial charge is 0.478 e. The fourth-order valence-corrected chi connectivity index (χ4v) is 2.69. The molecule has 0 saturated heterocycles. The van der Waals surface area contributed by atoms with Crippen LogP contribution < -0.4 is 0 Å². The van der Waals surface area contributed by atoms with Crippen molar-refractivity contribution in [3.8, 4) is 11.8 Å². The van der Waals surface area contributed by atoms with Gasteiger partial charge in [-0.1, -0.05) is 30.3 Å². The minimum absolute atomic E-state index is 0.198. The molecule has 4 nitrogen and oxygen atoms in total. The number of aromatic carboxylic acids is 1. The highest BCUT2D eigenvalue weighted by molar-refractivity contribution is 5.92. The molecule has 3 rings (SSSR count). The van der Waals surface area contributed by atoms with Crippen LogP contribution in [0.15, 0.2) is 66.9 Å². The highest BCUT2D eigenvalue weighted by atomic mass is 16.4. The van der Waals surface area contributed by atoms with Crippen LogP contribution in [-0.4, -0.2) is 15.6 Å². The number of carboxylic acid groups (broad SMARTS) is 1. The van der Waals surface area contributed by atoms with Crippen molar-refractivity contribution in [2.45, 2.75) is 6.92 Å². The topological polar surface area (TPSA) is 66.0 Å². The molecule has 0 fully saturated rings. The molecule has 0 saturated carbocycles. The van der Waals surface area contributed by atoms with Gasteiger partial charge in [0.25, 0.3) is 0 Å². The summed E-state index contributed by atoms with van der Waals surface area (Å²) in [5, 5.41) is 18.5. The Morgan fingerprint density at radius 2 is 1.72 bits per heavy atom. The average Bonchev–Trinajstić information content (AvgIpc) is 3.08. The smallest absolute Gasteiger partial charge is 0.335 e. The Labute approximate surface area is 145 Å². The van der Waals surface area contributed by atoms with Crippen molar-refractivity contribution in [3.05, 3.63) is 89.2 Å². The number of allylic oxidation sites excluding steroid dienone is 1. The first kappa shape index (κ1) is 16.3. The van der Waals surface area contributed by atoms with Gasteiger partial charge >= 0.3 is 5.97 Å². The number of nitriles is 1. The average molecular weight is 328 g/mol. The third kappa shape index (κ3) is 3.36. The van der Waals surface area contributed by atoms with E-state index in [1.165, 1.54) is 12.1 Å². The lowest BCUT2D eigenvalue weighted by atomic mass is 10.0. The van der Waals surface area contributed by atoms with Crippen LogP contribution in [0.1, 0.15) is 27.2 Å². The van der Waals surface area contributed by atoms with Gasteiger partial charge in [0.15, 0.2) is 0 Å². The van der Waals surface area contributed by atoms with Crippen LogP contribution in [0.2, 0.25) is 0 Å². The Hall–Kier alpha value is -3.58. The zero-order valence-corrected chi connectivity index (χ0v) is 13.7. The molecule has 25 heavy (non-hydrogen) atoms. The molecule has 0 aliphatic carbocycles.